The first-order valence-corrected chi connectivity index (χ1v) is 5.96. The van der Waals surface area contributed by atoms with Crippen LogP contribution in [0, 0.1) is 5.92 Å². The zero-order chi connectivity index (χ0) is 13.9. The minimum absolute atomic E-state index is 0.0589. The van der Waals surface area contributed by atoms with Crippen molar-refractivity contribution in [1.29, 1.82) is 0 Å². The lowest BCUT2D eigenvalue weighted by Gasteiger charge is -2.36. The lowest BCUT2D eigenvalue weighted by atomic mass is 10.1. The van der Waals surface area contributed by atoms with Crippen LogP contribution < -0.4 is 5.73 Å². The molecule has 1 fully saturated rings. The van der Waals surface area contributed by atoms with Gasteiger partial charge in [-0.3, -0.25) is 9.69 Å². The zero-order valence-electron chi connectivity index (χ0n) is 10.0. The summed E-state index contributed by atoms with van der Waals surface area (Å²) in [6.45, 7) is 2.92. The second-order valence-electron chi connectivity index (χ2n) is 4.30. The standard InChI is InChI=1S/C10H16F3N3OS/c1-7(17)16-4-2-15(3-5-16)6-8(9(14)18)10(11,12)13/h8H,2-6H2,1H3,(H2,14,18). The van der Waals surface area contributed by atoms with Crippen LogP contribution in [0.1, 0.15) is 6.92 Å². The van der Waals surface area contributed by atoms with Crippen molar-refractivity contribution in [2.45, 2.75) is 13.1 Å². The third-order valence-electron chi connectivity index (χ3n) is 3.00. The van der Waals surface area contributed by atoms with E-state index < -0.39 is 17.1 Å². The maximum absolute atomic E-state index is 12.7. The fourth-order valence-electron chi connectivity index (χ4n) is 1.86. The third-order valence-corrected chi connectivity index (χ3v) is 3.28. The van der Waals surface area contributed by atoms with E-state index in [0.717, 1.165) is 0 Å². The van der Waals surface area contributed by atoms with Crippen LogP contribution in [-0.2, 0) is 4.79 Å². The van der Waals surface area contributed by atoms with Gasteiger partial charge >= 0.3 is 6.18 Å². The Balaban J connectivity index is 2.53. The molecule has 0 aromatic heterocycles. The SMILES string of the molecule is CC(=O)N1CCN(CC(C(N)=S)C(F)(F)F)CC1. The quantitative estimate of drug-likeness (QED) is 0.771. The van der Waals surface area contributed by atoms with Gasteiger partial charge in [0.2, 0.25) is 5.91 Å². The average Bonchev–Trinajstić information content (AvgIpc) is 2.24. The molecule has 1 unspecified atom stereocenters. The Bertz CT molecular complexity index is 327. The second kappa shape index (κ2) is 5.83. The van der Waals surface area contributed by atoms with Gasteiger partial charge in [0.05, 0.1) is 4.99 Å². The normalized spacial score (nSPS) is 19.7. The van der Waals surface area contributed by atoms with Crippen molar-refractivity contribution in [1.82, 2.24) is 9.80 Å². The van der Waals surface area contributed by atoms with Crippen LogP contribution >= 0.6 is 12.2 Å². The molecule has 8 heteroatoms. The molecule has 0 bridgehead atoms. The fourth-order valence-corrected chi connectivity index (χ4v) is 2.07. The zero-order valence-corrected chi connectivity index (χ0v) is 10.9. The summed E-state index contributed by atoms with van der Waals surface area (Å²) in [5.74, 6) is -1.84. The molecular formula is C10H16F3N3OS. The molecule has 0 spiro atoms. The molecule has 0 aromatic rings. The Morgan fingerprint density at radius 1 is 1.33 bits per heavy atom. The lowest BCUT2D eigenvalue weighted by molar-refractivity contribution is -0.160. The molecule has 2 N–H and O–H groups in total. The predicted molar refractivity (Wildman–Crippen MR) is 65.0 cm³/mol. The molecule has 1 rings (SSSR count). The van der Waals surface area contributed by atoms with E-state index in [1.807, 2.05) is 0 Å². The first-order chi connectivity index (χ1) is 8.21. The van der Waals surface area contributed by atoms with Crippen LogP contribution in [0.5, 0.6) is 0 Å². The number of carbonyl (C=O) groups is 1. The van der Waals surface area contributed by atoms with Gasteiger partial charge in [-0.25, -0.2) is 0 Å². The summed E-state index contributed by atoms with van der Waals surface area (Å²) in [6.07, 6.45) is -4.41. The Hall–Kier alpha value is -0.890. The van der Waals surface area contributed by atoms with Gasteiger partial charge in [0.1, 0.15) is 5.92 Å². The molecule has 1 heterocycles. The molecule has 1 atom stereocenters. The van der Waals surface area contributed by atoms with Crippen molar-refractivity contribution in [2.75, 3.05) is 32.7 Å². The highest BCUT2D eigenvalue weighted by atomic mass is 32.1. The number of piperazine rings is 1. The molecule has 0 aromatic carbocycles. The van der Waals surface area contributed by atoms with E-state index in [1.165, 1.54) is 6.92 Å². The number of alkyl halides is 3. The van der Waals surface area contributed by atoms with Gasteiger partial charge in [-0.2, -0.15) is 13.2 Å². The van der Waals surface area contributed by atoms with E-state index in [2.05, 4.69) is 12.2 Å². The summed E-state index contributed by atoms with van der Waals surface area (Å²) >= 11 is 4.46. The van der Waals surface area contributed by atoms with Crippen molar-refractivity contribution in [3.8, 4) is 0 Å². The molecule has 18 heavy (non-hydrogen) atoms. The first-order valence-electron chi connectivity index (χ1n) is 5.55. The Labute approximate surface area is 109 Å². The van der Waals surface area contributed by atoms with Gasteiger partial charge in [0.15, 0.2) is 0 Å². The van der Waals surface area contributed by atoms with Crippen LogP contribution in [0.25, 0.3) is 0 Å². The number of hydrogen-bond donors (Lipinski definition) is 1. The summed E-state index contributed by atoms with van der Waals surface area (Å²) in [5.41, 5.74) is 5.14. The predicted octanol–water partition coefficient (Wildman–Crippen LogP) is 0.615. The molecule has 1 aliphatic rings. The molecule has 1 saturated heterocycles. The highest BCUT2D eigenvalue weighted by Crippen LogP contribution is 2.27. The number of halogens is 3. The topological polar surface area (TPSA) is 49.6 Å². The van der Waals surface area contributed by atoms with E-state index in [4.69, 9.17) is 5.73 Å². The third kappa shape index (κ3) is 4.09. The fraction of sp³-hybridized carbons (Fsp3) is 0.800. The summed E-state index contributed by atoms with van der Waals surface area (Å²) in [6, 6.07) is 0. The first kappa shape index (κ1) is 15.2. The molecule has 1 aliphatic heterocycles. The number of hydrogen-bond acceptors (Lipinski definition) is 3. The summed E-state index contributed by atoms with van der Waals surface area (Å²) in [7, 11) is 0. The molecule has 0 radical (unpaired) electrons. The largest absolute Gasteiger partial charge is 0.399 e. The van der Waals surface area contributed by atoms with Gasteiger partial charge in [0.25, 0.3) is 0 Å². The number of thiocarbonyl (C=S) groups is 1. The molecule has 0 saturated carbocycles. The Morgan fingerprint density at radius 3 is 2.17 bits per heavy atom. The van der Waals surface area contributed by atoms with Crippen molar-refractivity contribution in [3.63, 3.8) is 0 Å². The summed E-state index contributed by atoms with van der Waals surface area (Å²) in [5, 5.41) is 0. The van der Waals surface area contributed by atoms with Crippen molar-refractivity contribution in [3.05, 3.63) is 0 Å². The van der Waals surface area contributed by atoms with E-state index in [1.54, 1.807) is 9.80 Å². The van der Waals surface area contributed by atoms with Crippen molar-refractivity contribution >= 4 is 23.1 Å². The van der Waals surface area contributed by atoms with Gasteiger partial charge in [0, 0.05) is 39.6 Å². The lowest BCUT2D eigenvalue weighted by Crippen LogP contribution is -2.52. The van der Waals surface area contributed by atoms with E-state index in [0.29, 0.717) is 26.2 Å². The van der Waals surface area contributed by atoms with Crippen molar-refractivity contribution < 1.29 is 18.0 Å². The maximum Gasteiger partial charge on any atom is 0.399 e. The highest BCUT2D eigenvalue weighted by molar-refractivity contribution is 7.80. The van der Waals surface area contributed by atoms with Crippen LogP contribution in [-0.4, -0.2) is 59.6 Å². The number of rotatable bonds is 3. The highest BCUT2D eigenvalue weighted by Gasteiger charge is 2.42. The molecule has 104 valence electrons. The molecule has 4 nitrogen and oxygen atoms in total. The van der Waals surface area contributed by atoms with Gasteiger partial charge < -0.3 is 10.6 Å². The van der Waals surface area contributed by atoms with Gasteiger partial charge in [-0.15, -0.1) is 0 Å². The number of amides is 1. The molecule has 1 amide bonds. The van der Waals surface area contributed by atoms with Crippen molar-refractivity contribution in [2.24, 2.45) is 11.7 Å². The average molecular weight is 283 g/mol. The molecule has 0 aliphatic carbocycles. The van der Waals surface area contributed by atoms with E-state index in [-0.39, 0.29) is 12.5 Å². The van der Waals surface area contributed by atoms with Crippen LogP contribution in [0.4, 0.5) is 13.2 Å². The van der Waals surface area contributed by atoms with Crippen LogP contribution in [0.15, 0.2) is 0 Å². The smallest absolute Gasteiger partial charge is 0.393 e. The summed E-state index contributed by atoms with van der Waals surface area (Å²) < 4.78 is 38.0. The number of nitrogens with two attached hydrogens (primary N) is 1. The number of carbonyl (C=O) groups excluding carboxylic acids is 1. The van der Waals surface area contributed by atoms with Crippen LogP contribution in [0.2, 0.25) is 0 Å². The van der Waals surface area contributed by atoms with E-state index in [9.17, 15) is 18.0 Å². The molecular weight excluding hydrogens is 267 g/mol. The minimum atomic E-state index is -4.41. The second-order valence-corrected chi connectivity index (χ2v) is 4.77. The van der Waals surface area contributed by atoms with Gasteiger partial charge in [-0.1, -0.05) is 12.2 Å². The van der Waals surface area contributed by atoms with Gasteiger partial charge in [-0.05, 0) is 0 Å². The monoisotopic (exact) mass is 283 g/mol. The summed E-state index contributed by atoms with van der Waals surface area (Å²) in [4.78, 5) is 13.8. The Kier molecular flexibility index (Phi) is 4.92. The number of nitrogens with zero attached hydrogens (tertiary/aromatic N) is 2. The minimum Gasteiger partial charge on any atom is -0.393 e. The maximum atomic E-state index is 12.7. The van der Waals surface area contributed by atoms with E-state index >= 15 is 0 Å². The Morgan fingerprint density at radius 2 is 1.83 bits per heavy atom. The van der Waals surface area contributed by atoms with Crippen LogP contribution in [0.3, 0.4) is 0 Å².